The van der Waals surface area contributed by atoms with Crippen molar-refractivity contribution >= 4 is 22.6 Å². The van der Waals surface area contributed by atoms with E-state index in [1.54, 1.807) is 0 Å². The van der Waals surface area contributed by atoms with E-state index in [2.05, 4.69) is 40.8 Å². The molecule has 2 rings (SSSR count). The van der Waals surface area contributed by atoms with Crippen LogP contribution in [0.25, 0.3) is 0 Å². The van der Waals surface area contributed by atoms with E-state index in [-0.39, 0.29) is 0 Å². The Labute approximate surface area is 116 Å². The quantitative estimate of drug-likeness (QED) is 0.821. The molecule has 1 nitrogen and oxygen atoms in total. The predicted octanol–water partition coefficient (Wildman–Crippen LogP) is 3.99. The van der Waals surface area contributed by atoms with Crippen molar-refractivity contribution in [3.8, 4) is 0 Å². The van der Waals surface area contributed by atoms with Crippen LogP contribution in [0.3, 0.4) is 0 Å². The average molecular weight is 338 g/mol. The van der Waals surface area contributed by atoms with E-state index in [9.17, 15) is 5.11 Å². The first-order valence-corrected chi connectivity index (χ1v) is 6.66. The van der Waals surface area contributed by atoms with Crippen LogP contribution in [0.15, 0.2) is 42.5 Å². The number of aliphatic hydroxyl groups is 1. The number of hydrogen-bond acceptors (Lipinski definition) is 1. The van der Waals surface area contributed by atoms with Gasteiger partial charge in [-0.05, 0) is 65.3 Å². The lowest BCUT2D eigenvalue weighted by molar-refractivity contribution is 0.219. The smallest absolute Gasteiger partial charge is 0.104 e. The molecule has 0 saturated heterocycles. The summed E-state index contributed by atoms with van der Waals surface area (Å²) in [7, 11) is 0. The van der Waals surface area contributed by atoms with Gasteiger partial charge in [-0.3, -0.25) is 0 Å². The van der Waals surface area contributed by atoms with Gasteiger partial charge in [-0.15, -0.1) is 0 Å². The summed E-state index contributed by atoms with van der Waals surface area (Å²) in [5.74, 6) is 0. The fraction of sp³-hybridized carbons (Fsp3) is 0.200. The van der Waals surface area contributed by atoms with Crippen molar-refractivity contribution in [3.63, 3.8) is 0 Å². The standard InChI is InChI=1S/C15H15IO/c1-10-6-7-11(2)14(8-10)15(17)12-4-3-5-13(16)9-12/h3-9,15,17H,1-2H3. The molecule has 88 valence electrons. The van der Waals surface area contributed by atoms with E-state index in [1.807, 2.05) is 38.1 Å². The highest BCUT2D eigenvalue weighted by atomic mass is 127. The largest absolute Gasteiger partial charge is 0.384 e. The van der Waals surface area contributed by atoms with Gasteiger partial charge in [-0.1, -0.05) is 35.9 Å². The second-order valence-corrected chi connectivity index (χ2v) is 5.56. The van der Waals surface area contributed by atoms with Gasteiger partial charge in [0.2, 0.25) is 0 Å². The highest BCUT2D eigenvalue weighted by molar-refractivity contribution is 14.1. The third-order valence-corrected chi connectivity index (χ3v) is 3.56. The second-order valence-electron chi connectivity index (χ2n) is 4.32. The first-order chi connectivity index (χ1) is 8.08. The van der Waals surface area contributed by atoms with Gasteiger partial charge in [-0.25, -0.2) is 0 Å². The molecule has 0 amide bonds. The molecule has 1 atom stereocenters. The summed E-state index contributed by atoms with van der Waals surface area (Å²) in [5.41, 5.74) is 4.25. The maximum atomic E-state index is 10.4. The van der Waals surface area contributed by atoms with Crippen LogP contribution >= 0.6 is 22.6 Å². The highest BCUT2D eigenvalue weighted by Crippen LogP contribution is 2.26. The number of benzene rings is 2. The highest BCUT2D eigenvalue weighted by Gasteiger charge is 2.13. The maximum Gasteiger partial charge on any atom is 0.104 e. The lowest BCUT2D eigenvalue weighted by atomic mass is 9.96. The SMILES string of the molecule is Cc1ccc(C)c(C(O)c2cccc(I)c2)c1. The first-order valence-electron chi connectivity index (χ1n) is 5.58. The summed E-state index contributed by atoms with van der Waals surface area (Å²) < 4.78 is 1.14. The van der Waals surface area contributed by atoms with Crippen LogP contribution in [0.2, 0.25) is 0 Å². The molecule has 0 heterocycles. The molecule has 0 aliphatic heterocycles. The molecule has 0 aliphatic rings. The van der Waals surface area contributed by atoms with Gasteiger partial charge < -0.3 is 5.11 Å². The Morgan fingerprint density at radius 2 is 1.82 bits per heavy atom. The van der Waals surface area contributed by atoms with Crippen LogP contribution in [0, 0.1) is 17.4 Å². The number of rotatable bonds is 2. The molecule has 1 N–H and O–H groups in total. The summed E-state index contributed by atoms with van der Waals surface area (Å²) in [6.45, 7) is 4.08. The van der Waals surface area contributed by atoms with Crippen LogP contribution in [0.1, 0.15) is 28.4 Å². The van der Waals surface area contributed by atoms with Crippen LogP contribution in [-0.4, -0.2) is 5.11 Å². The van der Waals surface area contributed by atoms with Crippen LogP contribution in [-0.2, 0) is 0 Å². The van der Waals surface area contributed by atoms with Gasteiger partial charge >= 0.3 is 0 Å². The van der Waals surface area contributed by atoms with Crippen LogP contribution in [0.5, 0.6) is 0 Å². The number of halogens is 1. The van der Waals surface area contributed by atoms with Crippen molar-refractivity contribution in [2.45, 2.75) is 20.0 Å². The van der Waals surface area contributed by atoms with Gasteiger partial charge in [-0.2, -0.15) is 0 Å². The summed E-state index contributed by atoms with van der Waals surface area (Å²) in [6, 6.07) is 14.2. The lowest BCUT2D eigenvalue weighted by Crippen LogP contribution is -2.02. The summed E-state index contributed by atoms with van der Waals surface area (Å²) in [5, 5.41) is 10.4. The molecule has 2 heteroatoms. The van der Waals surface area contributed by atoms with Crippen molar-refractivity contribution in [2.24, 2.45) is 0 Å². The molecule has 0 fully saturated rings. The van der Waals surface area contributed by atoms with Crippen molar-refractivity contribution in [1.29, 1.82) is 0 Å². The van der Waals surface area contributed by atoms with E-state index in [4.69, 9.17) is 0 Å². The molecular weight excluding hydrogens is 323 g/mol. The van der Waals surface area contributed by atoms with Crippen LogP contribution < -0.4 is 0 Å². The first kappa shape index (κ1) is 12.6. The van der Waals surface area contributed by atoms with E-state index < -0.39 is 6.10 Å². The molecule has 0 radical (unpaired) electrons. The predicted molar refractivity (Wildman–Crippen MR) is 79.1 cm³/mol. The Morgan fingerprint density at radius 3 is 2.53 bits per heavy atom. The molecule has 17 heavy (non-hydrogen) atoms. The molecule has 0 aliphatic carbocycles. The van der Waals surface area contributed by atoms with Crippen molar-refractivity contribution in [1.82, 2.24) is 0 Å². The Kier molecular flexibility index (Phi) is 3.84. The number of hydrogen-bond donors (Lipinski definition) is 1. The lowest BCUT2D eigenvalue weighted by Gasteiger charge is -2.15. The molecule has 0 aromatic heterocycles. The molecule has 0 spiro atoms. The zero-order chi connectivity index (χ0) is 12.4. The number of aliphatic hydroxyl groups excluding tert-OH is 1. The second kappa shape index (κ2) is 5.19. The van der Waals surface area contributed by atoms with E-state index in [0.717, 1.165) is 20.3 Å². The summed E-state index contributed by atoms with van der Waals surface area (Å²) in [6.07, 6.45) is -0.537. The van der Waals surface area contributed by atoms with Gasteiger partial charge in [0, 0.05) is 3.57 Å². The van der Waals surface area contributed by atoms with E-state index in [0.29, 0.717) is 0 Å². The molecule has 2 aromatic carbocycles. The zero-order valence-corrected chi connectivity index (χ0v) is 12.1. The third-order valence-electron chi connectivity index (χ3n) is 2.89. The topological polar surface area (TPSA) is 20.2 Å². The molecular formula is C15H15IO. The maximum absolute atomic E-state index is 10.4. The summed E-state index contributed by atoms with van der Waals surface area (Å²) in [4.78, 5) is 0. The van der Waals surface area contributed by atoms with Crippen molar-refractivity contribution in [3.05, 3.63) is 68.3 Å². The van der Waals surface area contributed by atoms with Gasteiger partial charge in [0.05, 0.1) is 0 Å². The Balaban J connectivity index is 2.43. The minimum atomic E-state index is -0.537. The minimum absolute atomic E-state index is 0.537. The van der Waals surface area contributed by atoms with Gasteiger partial charge in [0.15, 0.2) is 0 Å². The van der Waals surface area contributed by atoms with Crippen LogP contribution in [0.4, 0.5) is 0 Å². The zero-order valence-electron chi connectivity index (χ0n) is 9.94. The van der Waals surface area contributed by atoms with E-state index in [1.165, 1.54) is 5.56 Å². The fourth-order valence-electron chi connectivity index (χ4n) is 1.91. The normalized spacial score (nSPS) is 12.5. The van der Waals surface area contributed by atoms with Crippen molar-refractivity contribution < 1.29 is 5.11 Å². The molecule has 2 aromatic rings. The Morgan fingerprint density at radius 1 is 1.06 bits per heavy atom. The Hall–Kier alpha value is -0.870. The van der Waals surface area contributed by atoms with Crippen molar-refractivity contribution in [2.75, 3.05) is 0 Å². The Bertz CT molecular complexity index is 534. The molecule has 0 bridgehead atoms. The van der Waals surface area contributed by atoms with E-state index >= 15 is 0 Å². The third kappa shape index (κ3) is 2.87. The molecule has 0 saturated carbocycles. The monoisotopic (exact) mass is 338 g/mol. The minimum Gasteiger partial charge on any atom is -0.384 e. The average Bonchev–Trinajstić information content (AvgIpc) is 2.31. The summed E-state index contributed by atoms with van der Waals surface area (Å²) >= 11 is 2.26. The molecule has 1 unspecified atom stereocenters. The van der Waals surface area contributed by atoms with Gasteiger partial charge in [0.1, 0.15) is 6.10 Å². The van der Waals surface area contributed by atoms with Gasteiger partial charge in [0.25, 0.3) is 0 Å². The number of aryl methyl sites for hydroxylation is 2. The fourth-order valence-corrected chi connectivity index (χ4v) is 2.48.